The van der Waals surface area contributed by atoms with Crippen molar-refractivity contribution in [1.82, 2.24) is 14.7 Å². The fourth-order valence-corrected chi connectivity index (χ4v) is 2.14. The molecule has 0 aliphatic heterocycles. The third-order valence-corrected chi connectivity index (χ3v) is 3.15. The Balaban J connectivity index is 3.03. The number of carbonyl (C=O) groups excluding carboxylic acids is 1. The predicted octanol–water partition coefficient (Wildman–Crippen LogP) is 0.625. The molecule has 1 amide bonds. The first-order valence-corrected chi connectivity index (χ1v) is 6.26. The van der Waals surface area contributed by atoms with Crippen molar-refractivity contribution in [2.24, 2.45) is 7.05 Å². The molecule has 0 atom stereocenters. The van der Waals surface area contributed by atoms with Crippen LogP contribution >= 0.6 is 0 Å². The number of aryl methyl sites for hydroxylation is 1. The Labute approximate surface area is 107 Å². The molecule has 0 saturated heterocycles. The van der Waals surface area contributed by atoms with Gasteiger partial charge in [-0.15, -0.1) is 0 Å². The first-order valence-electron chi connectivity index (χ1n) is 6.26. The molecule has 1 aromatic rings. The number of aliphatic hydroxyl groups is 1. The highest BCUT2D eigenvalue weighted by atomic mass is 16.3. The van der Waals surface area contributed by atoms with Crippen LogP contribution in [0.15, 0.2) is 6.20 Å². The summed E-state index contributed by atoms with van der Waals surface area (Å²) in [6, 6.07) is 0.110. The average molecular weight is 254 g/mol. The van der Waals surface area contributed by atoms with E-state index in [1.54, 1.807) is 11.9 Å². The van der Waals surface area contributed by atoms with Gasteiger partial charge in [-0.2, -0.15) is 5.10 Å². The van der Waals surface area contributed by atoms with Crippen LogP contribution in [0.3, 0.4) is 0 Å². The number of rotatable bonds is 6. The van der Waals surface area contributed by atoms with Crippen molar-refractivity contribution in [3.8, 4) is 0 Å². The Morgan fingerprint density at radius 1 is 1.56 bits per heavy atom. The highest BCUT2D eigenvalue weighted by Crippen LogP contribution is 2.17. The Kier molecular flexibility index (Phi) is 5.15. The molecular formula is C12H22N4O2. The standard InChI is InChI=1S/C12H22N4O2/c1-4-9(5-2)16(6-7-17)12(18)11-10(13)8-14-15(11)3/h8-9,17H,4-7,13H2,1-3H3. The van der Waals surface area contributed by atoms with Crippen molar-refractivity contribution in [3.05, 3.63) is 11.9 Å². The number of nitrogens with zero attached hydrogens (tertiary/aromatic N) is 3. The van der Waals surface area contributed by atoms with Crippen LogP contribution < -0.4 is 5.73 Å². The molecule has 6 heteroatoms. The zero-order valence-electron chi connectivity index (χ0n) is 11.3. The molecule has 0 radical (unpaired) electrons. The molecule has 0 unspecified atom stereocenters. The van der Waals surface area contributed by atoms with Gasteiger partial charge in [0.25, 0.3) is 5.91 Å². The van der Waals surface area contributed by atoms with E-state index in [1.165, 1.54) is 10.9 Å². The number of nitrogen functional groups attached to an aromatic ring is 1. The molecule has 6 nitrogen and oxygen atoms in total. The van der Waals surface area contributed by atoms with Crippen molar-refractivity contribution >= 4 is 11.6 Å². The second-order valence-electron chi connectivity index (χ2n) is 4.26. The van der Waals surface area contributed by atoms with Crippen LogP contribution in [0.25, 0.3) is 0 Å². The molecule has 18 heavy (non-hydrogen) atoms. The molecule has 0 aromatic carbocycles. The molecule has 0 fully saturated rings. The van der Waals surface area contributed by atoms with Gasteiger partial charge in [0.1, 0.15) is 5.69 Å². The van der Waals surface area contributed by atoms with Gasteiger partial charge >= 0.3 is 0 Å². The third-order valence-electron chi connectivity index (χ3n) is 3.15. The molecular weight excluding hydrogens is 232 g/mol. The van der Waals surface area contributed by atoms with E-state index in [0.29, 0.717) is 17.9 Å². The first-order chi connectivity index (χ1) is 8.56. The second kappa shape index (κ2) is 6.39. The number of aromatic nitrogens is 2. The van der Waals surface area contributed by atoms with Gasteiger partial charge in [-0.1, -0.05) is 13.8 Å². The van der Waals surface area contributed by atoms with Gasteiger partial charge in [0.2, 0.25) is 0 Å². The summed E-state index contributed by atoms with van der Waals surface area (Å²) in [5.41, 5.74) is 6.52. The smallest absolute Gasteiger partial charge is 0.274 e. The Morgan fingerprint density at radius 3 is 2.56 bits per heavy atom. The number of nitrogens with two attached hydrogens (primary N) is 1. The monoisotopic (exact) mass is 254 g/mol. The SMILES string of the molecule is CCC(CC)N(CCO)C(=O)c1c(N)cnn1C. The van der Waals surface area contributed by atoms with Gasteiger partial charge in [0.15, 0.2) is 0 Å². The normalized spacial score (nSPS) is 10.9. The fourth-order valence-electron chi connectivity index (χ4n) is 2.14. The minimum Gasteiger partial charge on any atom is -0.396 e. The van der Waals surface area contributed by atoms with Crippen LogP contribution in [0.4, 0.5) is 5.69 Å². The molecule has 0 bridgehead atoms. The molecule has 0 saturated carbocycles. The van der Waals surface area contributed by atoms with Gasteiger partial charge in [0.05, 0.1) is 18.5 Å². The van der Waals surface area contributed by atoms with E-state index >= 15 is 0 Å². The molecule has 3 N–H and O–H groups in total. The first kappa shape index (κ1) is 14.5. The van der Waals surface area contributed by atoms with Gasteiger partial charge < -0.3 is 15.7 Å². The highest BCUT2D eigenvalue weighted by Gasteiger charge is 2.25. The van der Waals surface area contributed by atoms with Crippen molar-refractivity contribution in [1.29, 1.82) is 0 Å². The van der Waals surface area contributed by atoms with Crippen molar-refractivity contribution in [3.63, 3.8) is 0 Å². The van der Waals surface area contributed by atoms with Crippen molar-refractivity contribution in [2.75, 3.05) is 18.9 Å². The summed E-state index contributed by atoms with van der Waals surface area (Å²) in [4.78, 5) is 14.1. The maximum absolute atomic E-state index is 12.5. The second-order valence-corrected chi connectivity index (χ2v) is 4.26. The maximum Gasteiger partial charge on any atom is 0.274 e. The molecule has 1 aromatic heterocycles. The maximum atomic E-state index is 12.5. The van der Waals surface area contributed by atoms with Crippen LogP contribution in [-0.2, 0) is 7.05 Å². The van der Waals surface area contributed by atoms with E-state index in [9.17, 15) is 4.79 Å². The molecule has 0 aliphatic carbocycles. The largest absolute Gasteiger partial charge is 0.396 e. The summed E-state index contributed by atoms with van der Waals surface area (Å²) in [6.45, 7) is 4.31. The van der Waals surface area contributed by atoms with Gasteiger partial charge in [-0.3, -0.25) is 9.48 Å². The summed E-state index contributed by atoms with van der Waals surface area (Å²) >= 11 is 0. The van der Waals surface area contributed by atoms with Crippen molar-refractivity contribution < 1.29 is 9.90 Å². The molecule has 0 aliphatic rings. The average Bonchev–Trinajstić information content (AvgIpc) is 2.68. The number of carbonyl (C=O) groups is 1. The Bertz CT molecular complexity index is 379. The van der Waals surface area contributed by atoms with E-state index in [2.05, 4.69) is 5.10 Å². The minimum absolute atomic E-state index is 0.0556. The van der Waals surface area contributed by atoms with E-state index < -0.39 is 0 Å². The predicted molar refractivity (Wildman–Crippen MR) is 70.1 cm³/mol. The number of anilines is 1. The lowest BCUT2D eigenvalue weighted by Crippen LogP contribution is -2.42. The lowest BCUT2D eigenvalue weighted by molar-refractivity contribution is 0.0612. The summed E-state index contributed by atoms with van der Waals surface area (Å²) in [6.07, 6.45) is 3.16. The molecule has 1 heterocycles. The van der Waals surface area contributed by atoms with Gasteiger partial charge in [-0.05, 0) is 12.8 Å². The summed E-state index contributed by atoms with van der Waals surface area (Å²) < 4.78 is 1.48. The summed E-state index contributed by atoms with van der Waals surface area (Å²) in [7, 11) is 1.69. The Hall–Kier alpha value is -1.56. The number of hydrogen-bond acceptors (Lipinski definition) is 4. The molecule has 1 rings (SSSR count). The summed E-state index contributed by atoms with van der Waals surface area (Å²) in [5.74, 6) is -0.171. The van der Waals surface area contributed by atoms with Gasteiger partial charge in [-0.25, -0.2) is 0 Å². The van der Waals surface area contributed by atoms with E-state index in [4.69, 9.17) is 10.8 Å². The van der Waals surface area contributed by atoms with E-state index in [1.807, 2.05) is 13.8 Å². The molecule has 102 valence electrons. The van der Waals surface area contributed by atoms with Crippen molar-refractivity contribution in [2.45, 2.75) is 32.7 Å². The summed E-state index contributed by atoms with van der Waals surface area (Å²) in [5, 5.41) is 13.1. The number of aliphatic hydroxyl groups excluding tert-OH is 1. The lowest BCUT2D eigenvalue weighted by Gasteiger charge is -2.30. The fraction of sp³-hybridized carbons (Fsp3) is 0.667. The van der Waals surface area contributed by atoms with Gasteiger partial charge in [0, 0.05) is 19.6 Å². The number of amides is 1. The lowest BCUT2D eigenvalue weighted by atomic mass is 10.1. The topological polar surface area (TPSA) is 84.4 Å². The number of hydrogen-bond donors (Lipinski definition) is 2. The van der Waals surface area contributed by atoms with Crippen LogP contribution in [0, 0.1) is 0 Å². The van der Waals surface area contributed by atoms with Crippen LogP contribution in [0.2, 0.25) is 0 Å². The van der Waals surface area contributed by atoms with Crippen LogP contribution in [0.5, 0.6) is 0 Å². The van der Waals surface area contributed by atoms with Crippen LogP contribution in [0.1, 0.15) is 37.2 Å². The Morgan fingerprint density at radius 2 is 2.17 bits per heavy atom. The zero-order valence-corrected chi connectivity index (χ0v) is 11.3. The van der Waals surface area contributed by atoms with E-state index in [-0.39, 0.29) is 18.6 Å². The quantitative estimate of drug-likeness (QED) is 0.779. The minimum atomic E-state index is -0.171. The highest BCUT2D eigenvalue weighted by molar-refractivity contribution is 5.97. The molecule has 0 spiro atoms. The van der Waals surface area contributed by atoms with Crippen LogP contribution in [-0.4, -0.2) is 44.9 Å². The van der Waals surface area contributed by atoms with E-state index in [0.717, 1.165) is 12.8 Å². The third kappa shape index (κ3) is 2.81. The zero-order chi connectivity index (χ0) is 13.7.